The van der Waals surface area contributed by atoms with E-state index in [0.717, 1.165) is 19.3 Å². The molecule has 1 aromatic rings. The second kappa shape index (κ2) is 4.75. The highest BCUT2D eigenvalue weighted by molar-refractivity contribution is 6.34. The Bertz CT molecular complexity index is 436. The molecule has 1 aromatic carbocycles. The van der Waals surface area contributed by atoms with Gasteiger partial charge in [0.15, 0.2) is 5.78 Å². The van der Waals surface area contributed by atoms with Crippen LogP contribution in [-0.2, 0) is 4.74 Å². The number of Topliss-reactive ketones (excluding diaryl/α,β-unsaturated/α-hetero) is 1. The van der Waals surface area contributed by atoms with E-state index < -0.39 is 5.82 Å². The monoisotopic (exact) mass is 256 g/mol. The largest absolute Gasteiger partial charge is 0.378 e. The fraction of sp³-hybridized carbons (Fsp3) is 0.462. The van der Waals surface area contributed by atoms with Gasteiger partial charge in [-0.3, -0.25) is 4.79 Å². The quantitative estimate of drug-likeness (QED) is 0.769. The number of ketones is 1. The predicted molar refractivity (Wildman–Crippen MR) is 63.9 cm³/mol. The van der Waals surface area contributed by atoms with Gasteiger partial charge < -0.3 is 4.74 Å². The van der Waals surface area contributed by atoms with Crippen molar-refractivity contribution in [3.05, 3.63) is 34.6 Å². The summed E-state index contributed by atoms with van der Waals surface area (Å²) in [5, 5.41) is 0.293. The van der Waals surface area contributed by atoms with Gasteiger partial charge in [0.25, 0.3) is 0 Å². The topological polar surface area (TPSA) is 26.3 Å². The Labute approximate surface area is 105 Å². The van der Waals surface area contributed by atoms with Crippen LogP contribution in [0.4, 0.5) is 4.39 Å². The molecule has 0 aromatic heterocycles. The SMILES string of the molecule is COC1(CC(=O)c2cc(F)ccc2Cl)CCC1. The molecule has 1 saturated carbocycles. The van der Waals surface area contributed by atoms with E-state index in [0.29, 0.717) is 5.02 Å². The van der Waals surface area contributed by atoms with E-state index in [4.69, 9.17) is 16.3 Å². The van der Waals surface area contributed by atoms with Crippen molar-refractivity contribution in [3.8, 4) is 0 Å². The normalized spacial score (nSPS) is 17.6. The summed E-state index contributed by atoms with van der Waals surface area (Å²) in [4.78, 5) is 12.1. The average molecular weight is 257 g/mol. The summed E-state index contributed by atoms with van der Waals surface area (Å²) in [5.74, 6) is -0.603. The molecule has 0 unspecified atom stereocenters. The Hall–Kier alpha value is -0.930. The number of methoxy groups -OCH3 is 1. The molecule has 0 N–H and O–H groups in total. The molecule has 17 heavy (non-hydrogen) atoms. The minimum absolute atomic E-state index is 0.156. The summed E-state index contributed by atoms with van der Waals surface area (Å²) in [7, 11) is 1.61. The zero-order valence-corrected chi connectivity index (χ0v) is 10.4. The predicted octanol–water partition coefficient (Wildman–Crippen LogP) is 3.62. The van der Waals surface area contributed by atoms with Crippen molar-refractivity contribution in [1.29, 1.82) is 0 Å². The van der Waals surface area contributed by atoms with Gasteiger partial charge in [0, 0.05) is 19.1 Å². The first kappa shape index (κ1) is 12.5. The van der Waals surface area contributed by atoms with Crippen LogP contribution in [0.5, 0.6) is 0 Å². The minimum Gasteiger partial charge on any atom is -0.378 e. The van der Waals surface area contributed by atoms with Crippen LogP contribution in [0.25, 0.3) is 0 Å². The van der Waals surface area contributed by atoms with E-state index >= 15 is 0 Å². The lowest BCUT2D eigenvalue weighted by Gasteiger charge is -2.40. The van der Waals surface area contributed by atoms with E-state index in [1.807, 2.05) is 0 Å². The van der Waals surface area contributed by atoms with Crippen LogP contribution in [0.2, 0.25) is 5.02 Å². The zero-order chi connectivity index (χ0) is 12.5. The van der Waals surface area contributed by atoms with Crippen molar-refractivity contribution in [3.63, 3.8) is 0 Å². The van der Waals surface area contributed by atoms with Crippen molar-refractivity contribution < 1.29 is 13.9 Å². The fourth-order valence-electron chi connectivity index (χ4n) is 2.12. The zero-order valence-electron chi connectivity index (χ0n) is 9.63. The highest BCUT2D eigenvalue weighted by Gasteiger charge is 2.39. The number of hydrogen-bond donors (Lipinski definition) is 0. The molecule has 1 fully saturated rings. The Morgan fingerprint density at radius 3 is 2.76 bits per heavy atom. The van der Waals surface area contributed by atoms with E-state index in [-0.39, 0.29) is 23.4 Å². The molecule has 92 valence electrons. The molecular formula is C13H14ClFO2. The van der Waals surface area contributed by atoms with Crippen molar-refractivity contribution in [2.45, 2.75) is 31.3 Å². The summed E-state index contributed by atoms with van der Waals surface area (Å²) in [6.07, 6.45) is 3.09. The molecule has 0 bridgehead atoms. The van der Waals surface area contributed by atoms with Gasteiger partial charge in [0.1, 0.15) is 5.82 Å². The first-order valence-electron chi connectivity index (χ1n) is 5.60. The van der Waals surface area contributed by atoms with Gasteiger partial charge in [-0.15, -0.1) is 0 Å². The van der Waals surface area contributed by atoms with Crippen LogP contribution in [0.15, 0.2) is 18.2 Å². The van der Waals surface area contributed by atoms with Crippen LogP contribution in [-0.4, -0.2) is 18.5 Å². The lowest BCUT2D eigenvalue weighted by Crippen LogP contribution is -2.41. The van der Waals surface area contributed by atoms with Crippen LogP contribution in [0.3, 0.4) is 0 Å². The van der Waals surface area contributed by atoms with Crippen LogP contribution < -0.4 is 0 Å². The Balaban J connectivity index is 2.17. The summed E-state index contributed by atoms with van der Waals surface area (Å²) >= 11 is 5.90. The lowest BCUT2D eigenvalue weighted by molar-refractivity contribution is -0.0704. The molecule has 2 nitrogen and oxygen atoms in total. The van der Waals surface area contributed by atoms with E-state index in [2.05, 4.69) is 0 Å². The summed E-state index contributed by atoms with van der Waals surface area (Å²) < 4.78 is 18.5. The summed E-state index contributed by atoms with van der Waals surface area (Å²) in [6, 6.07) is 3.84. The third-order valence-corrected chi connectivity index (χ3v) is 3.74. The molecule has 0 spiro atoms. The van der Waals surface area contributed by atoms with Crippen molar-refractivity contribution in [1.82, 2.24) is 0 Å². The van der Waals surface area contributed by atoms with Crippen molar-refractivity contribution >= 4 is 17.4 Å². The fourth-order valence-corrected chi connectivity index (χ4v) is 2.35. The number of benzene rings is 1. The highest BCUT2D eigenvalue weighted by Crippen LogP contribution is 2.39. The Morgan fingerprint density at radius 2 is 2.24 bits per heavy atom. The van der Waals surface area contributed by atoms with Gasteiger partial charge in [0.2, 0.25) is 0 Å². The molecule has 1 aliphatic rings. The smallest absolute Gasteiger partial charge is 0.167 e. The maximum absolute atomic E-state index is 13.1. The Kier molecular flexibility index (Phi) is 3.50. The molecule has 2 rings (SSSR count). The molecule has 0 amide bonds. The average Bonchev–Trinajstić information content (AvgIpc) is 2.26. The molecule has 0 saturated heterocycles. The van der Waals surface area contributed by atoms with E-state index in [1.165, 1.54) is 18.2 Å². The number of carbonyl (C=O) groups is 1. The van der Waals surface area contributed by atoms with Crippen LogP contribution in [0, 0.1) is 5.82 Å². The molecule has 0 aliphatic heterocycles. The maximum Gasteiger partial charge on any atom is 0.167 e. The number of carbonyl (C=O) groups excluding carboxylic acids is 1. The maximum atomic E-state index is 13.1. The van der Waals surface area contributed by atoms with Gasteiger partial charge in [-0.2, -0.15) is 0 Å². The molecule has 0 atom stereocenters. The number of hydrogen-bond acceptors (Lipinski definition) is 2. The molecule has 0 radical (unpaired) electrons. The van der Waals surface area contributed by atoms with E-state index in [9.17, 15) is 9.18 Å². The van der Waals surface area contributed by atoms with Crippen LogP contribution >= 0.6 is 11.6 Å². The van der Waals surface area contributed by atoms with E-state index in [1.54, 1.807) is 7.11 Å². The second-order valence-electron chi connectivity index (χ2n) is 4.46. The minimum atomic E-state index is -0.446. The first-order chi connectivity index (χ1) is 8.06. The first-order valence-corrected chi connectivity index (χ1v) is 5.97. The number of halogens is 2. The summed E-state index contributed by atoms with van der Waals surface area (Å²) in [6.45, 7) is 0. The second-order valence-corrected chi connectivity index (χ2v) is 4.87. The van der Waals surface area contributed by atoms with Gasteiger partial charge in [0.05, 0.1) is 10.6 Å². The molecular weight excluding hydrogens is 243 g/mol. The standard InChI is InChI=1S/C13H14ClFO2/c1-17-13(5-2-6-13)8-12(16)10-7-9(15)3-4-11(10)14/h3-4,7H,2,5-6,8H2,1H3. The van der Waals surface area contributed by atoms with Crippen LogP contribution in [0.1, 0.15) is 36.0 Å². The Morgan fingerprint density at radius 1 is 1.53 bits per heavy atom. The van der Waals surface area contributed by atoms with Gasteiger partial charge >= 0.3 is 0 Å². The number of rotatable bonds is 4. The number of ether oxygens (including phenoxy) is 1. The summed E-state index contributed by atoms with van der Waals surface area (Å²) in [5.41, 5.74) is -0.109. The van der Waals surface area contributed by atoms with Gasteiger partial charge in [-0.1, -0.05) is 11.6 Å². The van der Waals surface area contributed by atoms with Crippen molar-refractivity contribution in [2.24, 2.45) is 0 Å². The third kappa shape index (κ3) is 2.50. The molecule has 0 heterocycles. The molecule has 1 aliphatic carbocycles. The highest BCUT2D eigenvalue weighted by atomic mass is 35.5. The van der Waals surface area contributed by atoms with Gasteiger partial charge in [-0.25, -0.2) is 4.39 Å². The third-order valence-electron chi connectivity index (χ3n) is 3.41. The lowest BCUT2D eigenvalue weighted by atomic mass is 9.76. The van der Waals surface area contributed by atoms with Gasteiger partial charge in [-0.05, 0) is 37.5 Å². The van der Waals surface area contributed by atoms with Crippen molar-refractivity contribution in [2.75, 3.05) is 7.11 Å². The molecule has 4 heteroatoms.